The molecule has 1 heterocycles. The summed E-state index contributed by atoms with van der Waals surface area (Å²) in [6.45, 7) is 3.00. The molecule has 2 unspecified atom stereocenters. The first-order valence-corrected chi connectivity index (χ1v) is 5.72. The summed E-state index contributed by atoms with van der Waals surface area (Å²) in [5.41, 5.74) is 1.08. The van der Waals surface area contributed by atoms with Crippen LogP contribution in [0.1, 0.15) is 25.3 Å². The van der Waals surface area contributed by atoms with Crippen LogP contribution < -0.4 is 10.1 Å². The molecule has 2 rings (SSSR count). The molecule has 0 bridgehead atoms. The molecule has 0 spiro atoms. The third-order valence-corrected chi connectivity index (χ3v) is 3.36. The Morgan fingerprint density at radius 3 is 2.53 bits per heavy atom. The van der Waals surface area contributed by atoms with E-state index >= 15 is 0 Å². The lowest BCUT2D eigenvalue weighted by Gasteiger charge is -2.38. The van der Waals surface area contributed by atoms with Gasteiger partial charge in [-0.2, -0.15) is 0 Å². The maximum Gasteiger partial charge on any atom is 0.118 e. The number of halogens is 1. The summed E-state index contributed by atoms with van der Waals surface area (Å²) < 4.78 is 5.14. The van der Waals surface area contributed by atoms with Gasteiger partial charge in [0.25, 0.3) is 0 Å². The monoisotopic (exact) mass is 257 g/mol. The van der Waals surface area contributed by atoms with Gasteiger partial charge in [0.05, 0.1) is 13.2 Å². The lowest BCUT2D eigenvalue weighted by molar-refractivity contribution is 0.0835. The van der Waals surface area contributed by atoms with Gasteiger partial charge in [-0.05, 0) is 44.0 Å². The predicted octanol–water partition coefficient (Wildman–Crippen LogP) is 2.08. The highest BCUT2D eigenvalue weighted by atomic mass is 35.5. The van der Waals surface area contributed by atoms with Crippen LogP contribution in [0.2, 0.25) is 0 Å². The normalized spacial score (nSPS) is 28.3. The molecule has 0 aromatic heterocycles. The van der Waals surface area contributed by atoms with Gasteiger partial charge >= 0.3 is 0 Å². The number of hydrogen-bond acceptors (Lipinski definition) is 3. The zero-order valence-corrected chi connectivity index (χ0v) is 11.1. The third kappa shape index (κ3) is 3.12. The number of nitrogens with one attached hydrogen (secondary N) is 1. The van der Waals surface area contributed by atoms with Crippen molar-refractivity contribution in [3.8, 4) is 5.75 Å². The molecule has 96 valence electrons. The van der Waals surface area contributed by atoms with Gasteiger partial charge in [0.2, 0.25) is 0 Å². The van der Waals surface area contributed by atoms with Crippen molar-refractivity contribution in [3.05, 3.63) is 29.8 Å². The van der Waals surface area contributed by atoms with Crippen molar-refractivity contribution in [2.24, 2.45) is 0 Å². The standard InChI is InChI=1S/C13H19NO2.ClH/c1-13(9-11(15)7-8-14-13)10-3-5-12(16-2)6-4-10;/h3-6,11,14-15H,7-9H2,1-2H3;1H. The number of benzene rings is 1. The molecule has 1 aromatic rings. The first-order valence-electron chi connectivity index (χ1n) is 5.72. The molecule has 3 nitrogen and oxygen atoms in total. The van der Waals surface area contributed by atoms with Crippen molar-refractivity contribution in [2.75, 3.05) is 13.7 Å². The molecule has 0 aliphatic carbocycles. The molecule has 1 aliphatic heterocycles. The number of aliphatic hydroxyl groups excluding tert-OH is 1. The molecule has 0 radical (unpaired) electrons. The largest absolute Gasteiger partial charge is 0.497 e. The molecular weight excluding hydrogens is 238 g/mol. The lowest BCUT2D eigenvalue weighted by Crippen LogP contribution is -2.47. The minimum atomic E-state index is -0.201. The summed E-state index contributed by atoms with van der Waals surface area (Å²) in [6.07, 6.45) is 1.40. The van der Waals surface area contributed by atoms with E-state index in [0.717, 1.165) is 25.1 Å². The summed E-state index contributed by atoms with van der Waals surface area (Å²) in [5, 5.41) is 13.2. The van der Waals surface area contributed by atoms with Crippen LogP contribution in [-0.2, 0) is 5.54 Å². The summed E-state index contributed by atoms with van der Waals surface area (Å²) in [6, 6.07) is 8.04. The molecule has 2 atom stereocenters. The van der Waals surface area contributed by atoms with Crippen LogP contribution in [0.4, 0.5) is 0 Å². The SMILES string of the molecule is COc1ccc(C2(C)CC(O)CCN2)cc1.Cl. The van der Waals surface area contributed by atoms with Crippen molar-refractivity contribution in [3.63, 3.8) is 0 Å². The molecule has 0 saturated carbocycles. The van der Waals surface area contributed by atoms with E-state index < -0.39 is 0 Å². The van der Waals surface area contributed by atoms with Gasteiger partial charge in [0, 0.05) is 5.54 Å². The van der Waals surface area contributed by atoms with Crippen molar-refractivity contribution in [2.45, 2.75) is 31.4 Å². The Bertz CT molecular complexity index is 355. The van der Waals surface area contributed by atoms with Crippen LogP contribution in [0.5, 0.6) is 5.75 Å². The number of piperidine rings is 1. The predicted molar refractivity (Wildman–Crippen MR) is 70.8 cm³/mol. The van der Waals surface area contributed by atoms with E-state index in [1.807, 2.05) is 12.1 Å². The fourth-order valence-corrected chi connectivity index (χ4v) is 2.34. The third-order valence-electron chi connectivity index (χ3n) is 3.36. The quantitative estimate of drug-likeness (QED) is 0.852. The Kier molecular flexibility index (Phi) is 4.80. The van der Waals surface area contributed by atoms with Gasteiger partial charge in [-0.3, -0.25) is 0 Å². The highest BCUT2D eigenvalue weighted by Crippen LogP contribution is 2.30. The Morgan fingerprint density at radius 1 is 1.35 bits per heavy atom. The second kappa shape index (κ2) is 5.71. The first kappa shape index (κ1) is 14.3. The number of rotatable bonds is 2. The summed E-state index contributed by atoms with van der Waals surface area (Å²) in [4.78, 5) is 0. The second-order valence-corrected chi connectivity index (χ2v) is 4.63. The van der Waals surface area contributed by atoms with Gasteiger partial charge in [-0.15, -0.1) is 12.4 Å². The van der Waals surface area contributed by atoms with Crippen LogP contribution >= 0.6 is 12.4 Å². The molecule has 4 heteroatoms. The minimum absolute atomic E-state index is 0. The Morgan fingerprint density at radius 2 is 2.00 bits per heavy atom. The molecule has 1 fully saturated rings. The van der Waals surface area contributed by atoms with Crippen LogP contribution in [0.15, 0.2) is 24.3 Å². The molecule has 0 amide bonds. The topological polar surface area (TPSA) is 41.5 Å². The zero-order chi connectivity index (χ0) is 11.6. The Hall–Kier alpha value is -0.770. The van der Waals surface area contributed by atoms with Crippen molar-refractivity contribution < 1.29 is 9.84 Å². The average Bonchev–Trinajstić information content (AvgIpc) is 2.29. The van der Waals surface area contributed by atoms with Crippen LogP contribution in [0, 0.1) is 0 Å². The van der Waals surface area contributed by atoms with E-state index in [1.54, 1.807) is 7.11 Å². The molecule has 17 heavy (non-hydrogen) atoms. The van der Waals surface area contributed by atoms with Crippen LogP contribution in [0.25, 0.3) is 0 Å². The fourth-order valence-electron chi connectivity index (χ4n) is 2.34. The van der Waals surface area contributed by atoms with E-state index in [9.17, 15) is 5.11 Å². The van der Waals surface area contributed by atoms with Crippen LogP contribution in [-0.4, -0.2) is 24.9 Å². The summed E-state index contributed by atoms with van der Waals surface area (Å²) in [7, 11) is 1.67. The molecule has 1 saturated heterocycles. The lowest BCUT2D eigenvalue weighted by atomic mass is 9.83. The van der Waals surface area contributed by atoms with Gasteiger partial charge in [-0.25, -0.2) is 0 Å². The van der Waals surface area contributed by atoms with Crippen molar-refractivity contribution >= 4 is 12.4 Å². The molecule has 1 aliphatic rings. The van der Waals surface area contributed by atoms with E-state index in [1.165, 1.54) is 5.56 Å². The highest BCUT2D eigenvalue weighted by molar-refractivity contribution is 5.85. The molecule has 2 N–H and O–H groups in total. The van der Waals surface area contributed by atoms with Crippen LogP contribution in [0.3, 0.4) is 0 Å². The van der Waals surface area contributed by atoms with E-state index in [4.69, 9.17) is 4.74 Å². The number of hydrogen-bond donors (Lipinski definition) is 2. The first-order chi connectivity index (χ1) is 7.64. The van der Waals surface area contributed by atoms with Gasteiger partial charge < -0.3 is 15.2 Å². The zero-order valence-electron chi connectivity index (χ0n) is 10.3. The average molecular weight is 258 g/mol. The van der Waals surface area contributed by atoms with Gasteiger partial charge in [0.15, 0.2) is 0 Å². The molecule has 1 aromatic carbocycles. The maximum atomic E-state index is 9.74. The Balaban J connectivity index is 0.00000144. The minimum Gasteiger partial charge on any atom is -0.497 e. The Labute approximate surface area is 109 Å². The number of aliphatic hydroxyl groups is 1. The summed E-state index contributed by atoms with van der Waals surface area (Å²) >= 11 is 0. The molecular formula is C13H20ClNO2. The maximum absolute atomic E-state index is 9.74. The number of ether oxygens (including phenoxy) is 1. The summed E-state index contributed by atoms with van der Waals surface area (Å²) in [5.74, 6) is 0.865. The van der Waals surface area contributed by atoms with Gasteiger partial charge in [-0.1, -0.05) is 12.1 Å². The van der Waals surface area contributed by atoms with E-state index in [2.05, 4.69) is 24.4 Å². The fraction of sp³-hybridized carbons (Fsp3) is 0.538. The smallest absolute Gasteiger partial charge is 0.118 e. The second-order valence-electron chi connectivity index (χ2n) is 4.63. The van der Waals surface area contributed by atoms with E-state index in [0.29, 0.717) is 0 Å². The highest BCUT2D eigenvalue weighted by Gasteiger charge is 2.32. The van der Waals surface area contributed by atoms with Crippen molar-refractivity contribution in [1.29, 1.82) is 0 Å². The van der Waals surface area contributed by atoms with Gasteiger partial charge in [0.1, 0.15) is 5.75 Å². The van der Waals surface area contributed by atoms with E-state index in [-0.39, 0.29) is 24.0 Å². The number of methoxy groups -OCH3 is 1. The van der Waals surface area contributed by atoms with Crippen molar-refractivity contribution in [1.82, 2.24) is 5.32 Å².